The molecule has 1 heterocycles. The van der Waals surface area contributed by atoms with Crippen LogP contribution >= 0.6 is 11.8 Å². The maximum Gasteiger partial charge on any atom is 0.209 e. The van der Waals surface area contributed by atoms with E-state index in [0.717, 1.165) is 17.5 Å². The third-order valence-corrected chi connectivity index (χ3v) is 3.52. The first-order valence-corrected chi connectivity index (χ1v) is 5.90. The number of nitrogens with zero attached hydrogens (tertiary/aromatic N) is 4. The average molecular weight is 213 g/mol. The lowest BCUT2D eigenvalue weighted by Gasteiger charge is -2.06. The van der Waals surface area contributed by atoms with Crippen molar-refractivity contribution >= 4 is 11.8 Å². The van der Waals surface area contributed by atoms with Gasteiger partial charge in [0.05, 0.1) is 6.04 Å². The van der Waals surface area contributed by atoms with Crippen molar-refractivity contribution in [3.05, 3.63) is 0 Å². The Balaban J connectivity index is 1.91. The van der Waals surface area contributed by atoms with Gasteiger partial charge < -0.3 is 5.73 Å². The van der Waals surface area contributed by atoms with Crippen LogP contribution in [0.2, 0.25) is 0 Å². The van der Waals surface area contributed by atoms with Crippen LogP contribution in [-0.2, 0) is 0 Å². The number of tetrazole rings is 1. The zero-order valence-corrected chi connectivity index (χ0v) is 9.07. The quantitative estimate of drug-likeness (QED) is 0.729. The number of aromatic nitrogens is 4. The topological polar surface area (TPSA) is 69.6 Å². The lowest BCUT2D eigenvalue weighted by Crippen LogP contribution is -2.13. The number of hydrogen-bond acceptors (Lipinski definition) is 5. The summed E-state index contributed by atoms with van der Waals surface area (Å²) in [6.07, 6.45) is 2.43. The van der Waals surface area contributed by atoms with E-state index in [1.54, 1.807) is 11.8 Å². The van der Waals surface area contributed by atoms with Crippen molar-refractivity contribution in [3.8, 4) is 0 Å². The largest absolute Gasteiger partial charge is 0.330 e. The molecule has 0 spiro atoms. The Kier molecular flexibility index (Phi) is 3.02. The van der Waals surface area contributed by atoms with Gasteiger partial charge >= 0.3 is 0 Å². The van der Waals surface area contributed by atoms with Gasteiger partial charge in [0, 0.05) is 5.75 Å². The molecule has 0 bridgehead atoms. The molecule has 0 saturated heterocycles. The fourth-order valence-electron chi connectivity index (χ4n) is 1.11. The van der Waals surface area contributed by atoms with Gasteiger partial charge in [-0.2, -0.15) is 0 Å². The van der Waals surface area contributed by atoms with Gasteiger partial charge in [-0.1, -0.05) is 18.7 Å². The standard InChI is InChI=1S/C8H15N5S/c1-6(4-9)5-14-8-10-11-12-13(8)7-2-3-7/h6-7H,2-5,9H2,1H3. The van der Waals surface area contributed by atoms with E-state index in [4.69, 9.17) is 5.73 Å². The van der Waals surface area contributed by atoms with Crippen molar-refractivity contribution in [3.63, 3.8) is 0 Å². The zero-order valence-electron chi connectivity index (χ0n) is 8.26. The van der Waals surface area contributed by atoms with E-state index in [0.29, 0.717) is 12.0 Å². The summed E-state index contributed by atoms with van der Waals surface area (Å²) in [5, 5.41) is 12.6. The van der Waals surface area contributed by atoms with E-state index in [-0.39, 0.29) is 0 Å². The average Bonchev–Trinajstić information content (AvgIpc) is 2.94. The van der Waals surface area contributed by atoms with Crippen LogP contribution in [0.5, 0.6) is 0 Å². The molecule has 2 N–H and O–H groups in total. The van der Waals surface area contributed by atoms with Crippen molar-refractivity contribution in [2.24, 2.45) is 11.7 Å². The molecular formula is C8H15N5S. The van der Waals surface area contributed by atoms with Crippen LogP contribution in [0.1, 0.15) is 25.8 Å². The summed E-state index contributed by atoms with van der Waals surface area (Å²) in [7, 11) is 0. The van der Waals surface area contributed by atoms with Gasteiger partial charge in [0.1, 0.15) is 0 Å². The van der Waals surface area contributed by atoms with Gasteiger partial charge in [0.15, 0.2) is 0 Å². The fraction of sp³-hybridized carbons (Fsp3) is 0.875. The first-order chi connectivity index (χ1) is 6.81. The maximum atomic E-state index is 5.55. The SMILES string of the molecule is CC(CN)CSc1nnnn1C1CC1. The van der Waals surface area contributed by atoms with Gasteiger partial charge in [0.2, 0.25) is 5.16 Å². The van der Waals surface area contributed by atoms with Crippen LogP contribution in [0.15, 0.2) is 5.16 Å². The molecule has 1 aromatic rings. The minimum absolute atomic E-state index is 0.518. The zero-order chi connectivity index (χ0) is 9.97. The van der Waals surface area contributed by atoms with Crippen LogP contribution in [0, 0.1) is 5.92 Å². The van der Waals surface area contributed by atoms with Crippen molar-refractivity contribution in [2.75, 3.05) is 12.3 Å². The van der Waals surface area contributed by atoms with E-state index < -0.39 is 0 Å². The summed E-state index contributed by atoms with van der Waals surface area (Å²) in [4.78, 5) is 0. The van der Waals surface area contributed by atoms with Crippen LogP contribution in [0.3, 0.4) is 0 Å². The second-order valence-electron chi connectivity index (χ2n) is 3.79. The third-order valence-electron chi connectivity index (χ3n) is 2.25. The predicted molar refractivity (Wildman–Crippen MR) is 55.0 cm³/mol. The molecular weight excluding hydrogens is 198 g/mol. The Morgan fingerprint density at radius 3 is 3.07 bits per heavy atom. The number of thioether (sulfide) groups is 1. The van der Waals surface area contributed by atoms with Gasteiger partial charge in [-0.25, -0.2) is 4.68 Å². The summed E-state index contributed by atoms with van der Waals surface area (Å²) in [6.45, 7) is 2.86. The molecule has 0 aromatic carbocycles. The van der Waals surface area contributed by atoms with Crippen molar-refractivity contribution in [2.45, 2.75) is 31.0 Å². The lowest BCUT2D eigenvalue weighted by molar-refractivity contribution is 0.564. The molecule has 78 valence electrons. The summed E-state index contributed by atoms with van der Waals surface area (Å²) >= 11 is 1.70. The fourth-order valence-corrected chi connectivity index (χ4v) is 2.10. The van der Waals surface area contributed by atoms with Crippen molar-refractivity contribution in [1.82, 2.24) is 20.2 Å². The summed E-state index contributed by atoms with van der Waals surface area (Å²) in [5.41, 5.74) is 5.55. The molecule has 6 heteroatoms. The number of hydrogen-bond donors (Lipinski definition) is 1. The highest BCUT2D eigenvalue weighted by molar-refractivity contribution is 7.99. The Morgan fingerprint density at radius 1 is 1.64 bits per heavy atom. The van der Waals surface area contributed by atoms with Crippen molar-refractivity contribution < 1.29 is 0 Å². The first-order valence-electron chi connectivity index (χ1n) is 4.92. The Bertz CT molecular complexity index is 296. The molecule has 0 radical (unpaired) electrons. The summed E-state index contributed by atoms with van der Waals surface area (Å²) in [5.74, 6) is 1.51. The minimum atomic E-state index is 0.518. The van der Waals surface area contributed by atoms with E-state index in [1.807, 2.05) is 4.68 Å². The molecule has 1 aliphatic rings. The number of nitrogens with two attached hydrogens (primary N) is 1. The van der Waals surface area contributed by atoms with Gasteiger partial charge in [-0.15, -0.1) is 5.10 Å². The maximum absolute atomic E-state index is 5.55. The van der Waals surface area contributed by atoms with Crippen LogP contribution in [-0.4, -0.2) is 32.5 Å². The Labute approximate surface area is 87.4 Å². The molecule has 1 aromatic heterocycles. The highest BCUT2D eigenvalue weighted by atomic mass is 32.2. The first kappa shape index (κ1) is 9.92. The predicted octanol–water partition coefficient (Wildman–Crippen LogP) is 0.695. The molecule has 5 nitrogen and oxygen atoms in total. The van der Waals surface area contributed by atoms with Gasteiger partial charge in [0.25, 0.3) is 0 Å². The smallest absolute Gasteiger partial charge is 0.209 e. The van der Waals surface area contributed by atoms with E-state index in [2.05, 4.69) is 22.4 Å². The number of rotatable bonds is 5. The van der Waals surface area contributed by atoms with Crippen molar-refractivity contribution in [1.29, 1.82) is 0 Å². The molecule has 0 amide bonds. The molecule has 1 unspecified atom stereocenters. The molecule has 1 aliphatic carbocycles. The highest BCUT2D eigenvalue weighted by Crippen LogP contribution is 2.36. The highest BCUT2D eigenvalue weighted by Gasteiger charge is 2.27. The minimum Gasteiger partial charge on any atom is -0.330 e. The lowest BCUT2D eigenvalue weighted by atomic mass is 10.2. The van der Waals surface area contributed by atoms with Gasteiger partial charge in [-0.05, 0) is 35.7 Å². The Morgan fingerprint density at radius 2 is 2.43 bits per heavy atom. The van der Waals surface area contributed by atoms with E-state index in [9.17, 15) is 0 Å². The third kappa shape index (κ3) is 2.24. The summed E-state index contributed by atoms with van der Waals surface area (Å²) in [6, 6.07) is 0.556. The van der Waals surface area contributed by atoms with Crippen LogP contribution in [0.4, 0.5) is 0 Å². The van der Waals surface area contributed by atoms with Crippen LogP contribution in [0.25, 0.3) is 0 Å². The monoisotopic (exact) mass is 213 g/mol. The Hall–Kier alpha value is -0.620. The normalized spacial score (nSPS) is 18.4. The molecule has 0 aliphatic heterocycles. The van der Waals surface area contributed by atoms with Crippen LogP contribution < -0.4 is 5.73 Å². The summed E-state index contributed by atoms with van der Waals surface area (Å²) < 4.78 is 1.94. The van der Waals surface area contributed by atoms with E-state index in [1.165, 1.54) is 12.8 Å². The second kappa shape index (κ2) is 4.27. The molecule has 1 fully saturated rings. The van der Waals surface area contributed by atoms with Gasteiger partial charge in [-0.3, -0.25) is 0 Å². The molecule has 1 atom stereocenters. The molecule has 14 heavy (non-hydrogen) atoms. The molecule has 2 rings (SSSR count). The van der Waals surface area contributed by atoms with E-state index >= 15 is 0 Å². The molecule has 1 saturated carbocycles. The second-order valence-corrected chi connectivity index (χ2v) is 4.78.